The first-order valence-corrected chi connectivity index (χ1v) is 13.4. The summed E-state index contributed by atoms with van der Waals surface area (Å²) in [6.45, 7) is 1.65. The maximum atomic E-state index is 6.27. The molecule has 1 aliphatic heterocycles. The Morgan fingerprint density at radius 1 is 0.946 bits per heavy atom. The largest absolute Gasteiger partial charge is 0.497 e. The van der Waals surface area contributed by atoms with Crippen molar-refractivity contribution >= 4 is 34.5 Å². The van der Waals surface area contributed by atoms with Crippen LogP contribution in [0.25, 0.3) is 28.0 Å². The van der Waals surface area contributed by atoms with Crippen LogP contribution in [0.2, 0.25) is 5.02 Å². The number of aryl methyl sites for hydroxylation is 2. The zero-order chi connectivity index (χ0) is 25.4. The Morgan fingerprint density at radius 2 is 1.68 bits per heavy atom. The van der Waals surface area contributed by atoms with Crippen LogP contribution < -0.4 is 10.1 Å². The van der Waals surface area contributed by atoms with E-state index in [9.17, 15) is 0 Å². The number of hydrogen-bond acceptors (Lipinski definition) is 2. The molecule has 0 unspecified atom stereocenters. The molecule has 6 rings (SSSR count). The van der Waals surface area contributed by atoms with E-state index in [4.69, 9.17) is 28.6 Å². The summed E-state index contributed by atoms with van der Waals surface area (Å²) in [5.41, 5.74) is 9.51. The molecule has 2 aromatic heterocycles. The van der Waals surface area contributed by atoms with Crippen LogP contribution in [0.3, 0.4) is 0 Å². The molecule has 0 amide bonds. The number of nitrogens with one attached hydrogen (secondary N) is 1. The van der Waals surface area contributed by atoms with Crippen molar-refractivity contribution in [1.29, 1.82) is 0 Å². The highest BCUT2D eigenvalue weighted by molar-refractivity contribution is 7.80. The highest BCUT2D eigenvalue weighted by atomic mass is 35.5. The molecule has 0 saturated carbocycles. The van der Waals surface area contributed by atoms with Gasteiger partial charge < -0.3 is 14.6 Å². The van der Waals surface area contributed by atoms with Crippen LogP contribution in [0.1, 0.15) is 29.7 Å². The van der Waals surface area contributed by atoms with Crippen molar-refractivity contribution in [3.63, 3.8) is 0 Å². The Balaban J connectivity index is 1.54. The Morgan fingerprint density at radius 3 is 2.41 bits per heavy atom. The average molecular weight is 526 g/mol. The lowest BCUT2D eigenvalue weighted by atomic mass is 9.98. The third kappa shape index (κ3) is 4.43. The van der Waals surface area contributed by atoms with Gasteiger partial charge in [0.25, 0.3) is 0 Å². The summed E-state index contributed by atoms with van der Waals surface area (Å²) in [4.78, 5) is 0.744. The van der Waals surface area contributed by atoms with E-state index in [2.05, 4.69) is 69.0 Å². The summed E-state index contributed by atoms with van der Waals surface area (Å²) in [5, 5.41) is 4.28. The first kappa shape index (κ1) is 23.8. The number of thiocarbonyl (C=S) groups is 1. The molecule has 0 bridgehead atoms. The molecule has 186 valence electrons. The molecule has 3 heterocycles. The Kier molecular flexibility index (Phi) is 6.49. The fourth-order valence-corrected chi connectivity index (χ4v) is 5.79. The summed E-state index contributed by atoms with van der Waals surface area (Å²) in [5.74, 6) is 0.857. The van der Waals surface area contributed by atoms with Crippen LogP contribution in [0, 0.1) is 0 Å². The number of methoxy groups -OCH3 is 1. The average Bonchev–Trinajstić information content (AvgIpc) is 3.36. The van der Waals surface area contributed by atoms with Crippen molar-refractivity contribution in [3.05, 3.63) is 107 Å². The third-order valence-electron chi connectivity index (χ3n) is 7.16. The quantitative estimate of drug-likeness (QED) is 0.232. The van der Waals surface area contributed by atoms with Crippen LogP contribution in [0.5, 0.6) is 5.75 Å². The lowest BCUT2D eigenvalue weighted by Crippen LogP contribution is -2.23. The molecule has 1 aliphatic rings. The highest BCUT2D eigenvalue weighted by Crippen LogP contribution is 2.40. The maximum Gasteiger partial charge on any atom is 0.124 e. The normalized spacial score (nSPS) is 12.9. The first-order chi connectivity index (χ1) is 18.1. The Labute approximate surface area is 227 Å². The van der Waals surface area contributed by atoms with E-state index >= 15 is 0 Å². The van der Waals surface area contributed by atoms with Crippen molar-refractivity contribution in [2.24, 2.45) is 0 Å². The van der Waals surface area contributed by atoms with E-state index in [1.165, 1.54) is 33.6 Å². The molecule has 0 saturated heterocycles. The lowest BCUT2D eigenvalue weighted by molar-refractivity contribution is 0.415. The second kappa shape index (κ2) is 10.1. The van der Waals surface area contributed by atoms with Gasteiger partial charge >= 0.3 is 0 Å². The number of aromatic nitrogens is 2. The maximum absolute atomic E-state index is 6.27. The van der Waals surface area contributed by atoms with Crippen LogP contribution >= 0.6 is 23.8 Å². The van der Waals surface area contributed by atoms with Crippen molar-refractivity contribution in [1.82, 2.24) is 14.3 Å². The fraction of sp³-hybridized carbons (Fsp3) is 0.194. The van der Waals surface area contributed by atoms with Gasteiger partial charge in [-0.2, -0.15) is 0 Å². The predicted octanol–water partition coefficient (Wildman–Crippen LogP) is 7.54. The van der Waals surface area contributed by atoms with Gasteiger partial charge in [0.05, 0.1) is 18.5 Å². The van der Waals surface area contributed by atoms with Crippen molar-refractivity contribution < 1.29 is 4.74 Å². The molecular formula is C31H28ClN3OS. The van der Waals surface area contributed by atoms with Crippen LogP contribution in [0.4, 0.5) is 0 Å². The molecule has 1 N–H and O–H groups in total. The molecular weight excluding hydrogens is 498 g/mol. The molecule has 5 aromatic rings. The van der Waals surface area contributed by atoms with E-state index < -0.39 is 0 Å². The van der Waals surface area contributed by atoms with Crippen molar-refractivity contribution in [2.45, 2.75) is 32.4 Å². The van der Waals surface area contributed by atoms with Gasteiger partial charge in [0.15, 0.2) is 0 Å². The Hall–Kier alpha value is -3.54. The van der Waals surface area contributed by atoms with E-state index in [0.717, 1.165) is 52.8 Å². The summed E-state index contributed by atoms with van der Waals surface area (Å²) >= 11 is 12.4. The van der Waals surface area contributed by atoms with Gasteiger partial charge in [-0.3, -0.25) is 4.40 Å². The van der Waals surface area contributed by atoms with Gasteiger partial charge in [-0.1, -0.05) is 66.3 Å². The van der Waals surface area contributed by atoms with E-state index in [-0.39, 0.29) is 0 Å². The monoisotopic (exact) mass is 525 g/mol. The number of rotatable bonds is 6. The fourth-order valence-electron chi connectivity index (χ4n) is 5.39. The number of halogens is 1. The summed E-state index contributed by atoms with van der Waals surface area (Å²) in [6.07, 6.45) is 5.52. The zero-order valence-corrected chi connectivity index (χ0v) is 22.3. The first-order valence-electron chi connectivity index (χ1n) is 12.6. The number of nitrogens with zero attached hydrogens (tertiary/aromatic N) is 2. The molecule has 0 spiro atoms. The lowest BCUT2D eigenvalue weighted by Gasteiger charge is -2.12. The number of hydrogen-bond donors (Lipinski definition) is 1. The molecule has 0 atom stereocenters. The topological polar surface area (TPSA) is 30.6 Å². The molecule has 0 aliphatic carbocycles. The standard InChI is InChI=1S/C31H28ClN3OS/c1-36-25-16-12-22(13-17-25)27-20-35-29(30(37)33-19-21-7-3-2-4-8-21)28(23-10-14-24(32)15-11-23)26-9-5-6-18-34(27)31(26)35/h2-4,7-8,10-17,20H,5-6,9,18-19H2,1H3,(H,33,37). The Bertz CT molecular complexity index is 1570. The van der Waals surface area contributed by atoms with Gasteiger partial charge in [-0.05, 0) is 72.4 Å². The highest BCUT2D eigenvalue weighted by Gasteiger charge is 2.28. The minimum atomic E-state index is 0.675. The van der Waals surface area contributed by atoms with Crippen LogP contribution in [-0.2, 0) is 19.5 Å². The van der Waals surface area contributed by atoms with Gasteiger partial charge in [0.1, 0.15) is 16.4 Å². The van der Waals surface area contributed by atoms with Gasteiger partial charge in [0.2, 0.25) is 0 Å². The SMILES string of the molecule is COc1ccc(-c2cn3c(C(=S)NCc4ccccc4)c(-c4ccc(Cl)cc4)c4c3n2CCCC4)cc1. The van der Waals surface area contributed by atoms with E-state index in [1.807, 2.05) is 30.3 Å². The van der Waals surface area contributed by atoms with E-state index in [1.54, 1.807) is 7.11 Å². The summed E-state index contributed by atoms with van der Waals surface area (Å²) in [7, 11) is 1.70. The minimum Gasteiger partial charge on any atom is -0.497 e. The molecule has 4 nitrogen and oxygen atoms in total. The second-order valence-electron chi connectivity index (χ2n) is 9.42. The van der Waals surface area contributed by atoms with Crippen LogP contribution in [0.15, 0.2) is 85.1 Å². The molecule has 37 heavy (non-hydrogen) atoms. The minimum absolute atomic E-state index is 0.675. The molecule has 0 fully saturated rings. The van der Waals surface area contributed by atoms with Crippen LogP contribution in [-0.4, -0.2) is 21.1 Å². The molecule has 6 heteroatoms. The number of benzene rings is 3. The molecule has 3 aromatic carbocycles. The second-order valence-corrected chi connectivity index (χ2v) is 10.3. The van der Waals surface area contributed by atoms with E-state index in [0.29, 0.717) is 6.54 Å². The molecule has 0 radical (unpaired) electrons. The van der Waals surface area contributed by atoms with Gasteiger partial charge in [0, 0.05) is 35.4 Å². The zero-order valence-electron chi connectivity index (χ0n) is 20.7. The smallest absolute Gasteiger partial charge is 0.124 e. The van der Waals surface area contributed by atoms with Crippen molar-refractivity contribution in [2.75, 3.05) is 7.11 Å². The number of imidazole rings is 1. The van der Waals surface area contributed by atoms with Gasteiger partial charge in [-0.25, -0.2) is 0 Å². The third-order valence-corrected chi connectivity index (χ3v) is 7.75. The predicted molar refractivity (Wildman–Crippen MR) is 156 cm³/mol. The summed E-state index contributed by atoms with van der Waals surface area (Å²) < 4.78 is 10.2. The summed E-state index contributed by atoms with van der Waals surface area (Å²) in [6, 6.07) is 26.8. The number of ether oxygens (including phenoxy) is 1. The van der Waals surface area contributed by atoms with Gasteiger partial charge in [-0.15, -0.1) is 0 Å². The van der Waals surface area contributed by atoms with Crippen molar-refractivity contribution in [3.8, 4) is 28.1 Å².